The lowest BCUT2D eigenvalue weighted by atomic mass is 10.1. The Morgan fingerprint density at radius 1 is 1.22 bits per heavy atom. The van der Waals surface area contributed by atoms with Crippen LogP contribution in [0.4, 0.5) is 8.78 Å². The van der Waals surface area contributed by atoms with Crippen LogP contribution in [0.1, 0.15) is 27.6 Å². The van der Waals surface area contributed by atoms with Crippen molar-refractivity contribution in [2.45, 2.75) is 6.92 Å². The minimum atomic E-state index is -1.34. The molecule has 1 rings (SSSR count). The van der Waals surface area contributed by atoms with Crippen molar-refractivity contribution in [3.63, 3.8) is 0 Å². The van der Waals surface area contributed by atoms with Gasteiger partial charge >= 0.3 is 5.97 Å². The van der Waals surface area contributed by atoms with Crippen molar-refractivity contribution in [1.82, 2.24) is 5.32 Å². The number of hydrogen-bond donors (Lipinski definition) is 2. The lowest BCUT2D eigenvalue weighted by Gasteiger charge is -2.06. The number of Topliss-reactive ketones (excluding diaryl/α,β-unsaturated/α-hetero) is 1. The third-order valence-corrected chi connectivity index (χ3v) is 2.08. The number of aliphatic carboxylic acids is 1. The van der Waals surface area contributed by atoms with Crippen LogP contribution < -0.4 is 5.32 Å². The van der Waals surface area contributed by atoms with Crippen LogP contribution in [0.2, 0.25) is 0 Å². The molecule has 0 radical (unpaired) electrons. The van der Waals surface area contributed by atoms with Crippen LogP contribution in [-0.2, 0) is 4.79 Å². The molecule has 0 aliphatic rings. The van der Waals surface area contributed by atoms with Gasteiger partial charge in [0.1, 0.15) is 23.7 Å². The summed E-state index contributed by atoms with van der Waals surface area (Å²) in [5.74, 6) is -5.52. The van der Waals surface area contributed by atoms with Gasteiger partial charge < -0.3 is 10.4 Å². The predicted octanol–water partition coefficient (Wildman–Crippen LogP) is 0.982. The molecule has 0 heterocycles. The zero-order chi connectivity index (χ0) is 13.9. The fraction of sp³-hybridized carbons (Fsp3) is 0.182. The van der Waals surface area contributed by atoms with Crippen LogP contribution in [0.3, 0.4) is 0 Å². The number of carbonyl (C=O) groups is 3. The molecular weight excluding hydrogens is 248 g/mol. The first-order valence-corrected chi connectivity index (χ1v) is 4.83. The number of benzene rings is 1. The summed E-state index contributed by atoms with van der Waals surface area (Å²) in [5.41, 5.74) is -1.12. The molecule has 1 aromatic carbocycles. The highest BCUT2D eigenvalue weighted by Crippen LogP contribution is 2.15. The van der Waals surface area contributed by atoms with Crippen molar-refractivity contribution in [1.29, 1.82) is 0 Å². The number of rotatable bonds is 4. The van der Waals surface area contributed by atoms with Gasteiger partial charge in [-0.3, -0.25) is 14.4 Å². The summed E-state index contributed by atoms with van der Waals surface area (Å²) >= 11 is 0. The lowest BCUT2D eigenvalue weighted by molar-refractivity contribution is -0.135. The van der Waals surface area contributed by atoms with Crippen molar-refractivity contribution in [3.8, 4) is 0 Å². The molecule has 18 heavy (non-hydrogen) atoms. The van der Waals surface area contributed by atoms with Crippen LogP contribution in [0, 0.1) is 11.6 Å². The standard InChI is InChI=1S/C11H9F2NO4/c1-5(15)6-2-7(12)10(8(13)3-6)11(18)14-4-9(16)17/h2-3H,4H2,1H3,(H,14,18)(H,16,17). The van der Waals surface area contributed by atoms with Gasteiger partial charge in [-0.15, -0.1) is 0 Å². The van der Waals surface area contributed by atoms with Gasteiger partial charge in [-0.25, -0.2) is 8.78 Å². The molecule has 0 fully saturated rings. The first-order chi connectivity index (χ1) is 8.32. The maximum Gasteiger partial charge on any atom is 0.322 e. The van der Waals surface area contributed by atoms with Crippen LogP contribution in [0.25, 0.3) is 0 Å². The molecule has 0 atom stereocenters. The topological polar surface area (TPSA) is 83.5 Å². The molecule has 7 heteroatoms. The van der Waals surface area contributed by atoms with Crippen LogP contribution in [0.15, 0.2) is 12.1 Å². The highest BCUT2D eigenvalue weighted by molar-refractivity contribution is 5.99. The minimum absolute atomic E-state index is 0.209. The molecule has 0 saturated heterocycles. The van der Waals surface area contributed by atoms with Gasteiger partial charge in [0.05, 0.1) is 0 Å². The van der Waals surface area contributed by atoms with E-state index in [9.17, 15) is 23.2 Å². The third kappa shape index (κ3) is 3.09. The Hall–Kier alpha value is -2.31. The van der Waals surface area contributed by atoms with E-state index in [-0.39, 0.29) is 5.56 Å². The van der Waals surface area contributed by atoms with Gasteiger partial charge in [-0.2, -0.15) is 0 Å². The Bertz CT molecular complexity index is 505. The minimum Gasteiger partial charge on any atom is -0.480 e. The fourth-order valence-electron chi connectivity index (χ4n) is 1.24. The molecule has 0 unspecified atom stereocenters. The average Bonchev–Trinajstić information content (AvgIpc) is 2.25. The number of hydrogen-bond acceptors (Lipinski definition) is 3. The van der Waals surface area contributed by atoms with Crippen LogP contribution >= 0.6 is 0 Å². The molecule has 0 aliphatic carbocycles. The maximum absolute atomic E-state index is 13.4. The molecule has 0 aromatic heterocycles. The fourth-order valence-corrected chi connectivity index (χ4v) is 1.24. The van der Waals surface area contributed by atoms with Crippen LogP contribution in [-0.4, -0.2) is 29.3 Å². The predicted molar refractivity (Wildman–Crippen MR) is 56.3 cm³/mol. The summed E-state index contributed by atoms with van der Waals surface area (Å²) in [6.45, 7) is 0.366. The number of carbonyl (C=O) groups excluding carboxylic acids is 2. The monoisotopic (exact) mass is 257 g/mol. The summed E-state index contributed by atoms with van der Waals surface area (Å²) in [5, 5.41) is 10.1. The molecule has 1 amide bonds. The summed E-state index contributed by atoms with van der Waals surface area (Å²) in [6.07, 6.45) is 0. The first kappa shape index (κ1) is 13.8. The summed E-state index contributed by atoms with van der Waals surface area (Å²) in [7, 11) is 0. The normalized spacial score (nSPS) is 9.94. The second-order valence-corrected chi connectivity index (χ2v) is 3.45. The van der Waals surface area contributed by atoms with Crippen LogP contribution in [0.5, 0.6) is 0 Å². The molecular formula is C11H9F2NO4. The third-order valence-electron chi connectivity index (χ3n) is 2.08. The van der Waals surface area contributed by atoms with Gasteiger partial charge in [0.25, 0.3) is 5.91 Å². The maximum atomic E-state index is 13.4. The van der Waals surface area contributed by atoms with Crippen molar-refractivity contribution in [2.75, 3.05) is 6.54 Å². The Kier molecular flexibility index (Phi) is 4.09. The molecule has 96 valence electrons. The SMILES string of the molecule is CC(=O)c1cc(F)c(C(=O)NCC(=O)O)c(F)c1. The van der Waals surface area contributed by atoms with E-state index in [4.69, 9.17) is 5.11 Å². The van der Waals surface area contributed by atoms with E-state index < -0.39 is 41.4 Å². The molecule has 0 aliphatic heterocycles. The summed E-state index contributed by atoms with van der Waals surface area (Å²) < 4.78 is 26.9. The highest BCUT2D eigenvalue weighted by Gasteiger charge is 2.20. The largest absolute Gasteiger partial charge is 0.480 e. The zero-order valence-electron chi connectivity index (χ0n) is 9.29. The smallest absolute Gasteiger partial charge is 0.322 e. The summed E-state index contributed by atoms with van der Waals surface area (Å²) in [6, 6.07) is 1.45. The lowest BCUT2D eigenvalue weighted by Crippen LogP contribution is -2.30. The number of nitrogens with one attached hydrogen (secondary N) is 1. The van der Waals surface area contributed by atoms with E-state index >= 15 is 0 Å². The van der Waals surface area contributed by atoms with E-state index in [0.29, 0.717) is 0 Å². The molecule has 1 aromatic rings. The van der Waals surface area contributed by atoms with Gasteiger partial charge in [0.15, 0.2) is 5.78 Å². The van der Waals surface area contributed by atoms with Gasteiger partial charge in [-0.1, -0.05) is 0 Å². The molecule has 0 saturated carbocycles. The number of amides is 1. The zero-order valence-corrected chi connectivity index (χ0v) is 9.29. The van der Waals surface area contributed by atoms with Gasteiger partial charge in [-0.05, 0) is 19.1 Å². The number of ketones is 1. The Balaban J connectivity index is 3.06. The Morgan fingerprint density at radius 3 is 2.11 bits per heavy atom. The van der Waals surface area contributed by atoms with E-state index in [1.165, 1.54) is 0 Å². The van der Waals surface area contributed by atoms with Gasteiger partial charge in [0.2, 0.25) is 0 Å². The number of carboxylic acid groups (broad SMARTS) is 1. The summed E-state index contributed by atoms with van der Waals surface area (Å²) in [4.78, 5) is 32.5. The van der Waals surface area contributed by atoms with Gasteiger partial charge in [0, 0.05) is 5.56 Å². The van der Waals surface area contributed by atoms with Crippen molar-refractivity contribution >= 4 is 17.7 Å². The number of carboxylic acids is 1. The second kappa shape index (κ2) is 5.35. The molecule has 5 nitrogen and oxygen atoms in total. The van der Waals surface area contributed by atoms with E-state index in [1.807, 2.05) is 5.32 Å². The molecule has 0 spiro atoms. The number of halogens is 2. The van der Waals surface area contributed by atoms with E-state index in [1.54, 1.807) is 0 Å². The average molecular weight is 257 g/mol. The Morgan fingerprint density at radius 2 is 1.72 bits per heavy atom. The Labute approximate surface area is 100 Å². The van der Waals surface area contributed by atoms with E-state index in [0.717, 1.165) is 19.1 Å². The molecule has 0 bridgehead atoms. The second-order valence-electron chi connectivity index (χ2n) is 3.45. The highest BCUT2D eigenvalue weighted by atomic mass is 19.1. The first-order valence-electron chi connectivity index (χ1n) is 4.83. The molecule has 2 N–H and O–H groups in total. The van der Waals surface area contributed by atoms with Crippen molar-refractivity contribution < 1.29 is 28.3 Å². The van der Waals surface area contributed by atoms with E-state index in [2.05, 4.69) is 0 Å². The van der Waals surface area contributed by atoms with Crippen molar-refractivity contribution in [2.24, 2.45) is 0 Å². The quantitative estimate of drug-likeness (QED) is 0.787. The van der Waals surface area contributed by atoms with Crippen molar-refractivity contribution in [3.05, 3.63) is 34.9 Å².